The van der Waals surface area contributed by atoms with Crippen molar-refractivity contribution in [3.63, 3.8) is 0 Å². The third-order valence-corrected chi connectivity index (χ3v) is 5.07. The van der Waals surface area contributed by atoms with Crippen molar-refractivity contribution in [1.82, 2.24) is 0 Å². The topological polar surface area (TPSA) is 43.4 Å². The summed E-state index contributed by atoms with van der Waals surface area (Å²) >= 11 is 0. The van der Waals surface area contributed by atoms with E-state index in [0.29, 0.717) is 6.42 Å². The van der Waals surface area contributed by atoms with Crippen LogP contribution in [0.15, 0.2) is 11.6 Å². The van der Waals surface area contributed by atoms with E-state index in [-0.39, 0.29) is 23.0 Å². The van der Waals surface area contributed by atoms with Crippen LogP contribution in [0.5, 0.6) is 0 Å². The molecule has 0 N–H and O–H groups in total. The van der Waals surface area contributed by atoms with Gasteiger partial charge in [-0.15, -0.1) is 0 Å². The standard InChI is InChI=1S/C14H20O3/c1-8-6-10-9(13(8,2)3)7-11(15)14(10,4)12(16)17-5/h6,9-10H,7H2,1-5H3/t9-,10-,14-/m1/s1. The number of hydrogen-bond donors (Lipinski definition) is 0. The predicted octanol–water partition coefficient (Wildman–Crippen LogP) is 2.36. The molecule has 0 heterocycles. The highest BCUT2D eigenvalue weighted by molar-refractivity contribution is 6.06. The molecule has 0 aliphatic heterocycles. The lowest BCUT2D eigenvalue weighted by molar-refractivity contribution is -0.157. The number of methoxy groups -OCH3 is 1. The van der Waals surface area contributed by atoms with E-state index in [4.69, 9.17) is 4.74 Å². The van der Waals surface area contributed by atoms with Gasteiger partial charge in [0.25, 0.3) is 0 Å². The van der Waals surface area contributed by atoms with Gasteiger partial charge < -0.3 is 4.74 Å². The maximum absolute atomic E-state index is 12.2. The highest BCUT2D eigenvalue weighted by atomic mass is 16.5. The lowest BCUT2D eigenvalue weighted by Gasteiger charge is -2.30. The largest absolute Gasteiger partial charge is 0.468 e. The smallest absolute Gasteiger partial charge is 0.319 e. The molecule has 2 rings (SSSR count). The van der Waals surface area contributed by atoms with Crippen molar-refractivity contribution in [3.05, 3.63) is 11.6 Å². The van der Waals surface area contributed by atoms with Crippen LogP contribution in [0, 0.1) is 22.7 Å². The summed E-state index contributed by atoms with van der Waals surface area (Å²) in [6.45, 7) is 8.12. The number of ketones is 1. The predicted molar refractivity (Wildman–Crippen MR) is 64.3 cm³/mol. The summed E-state index contributed by atoms with van der Waals surface area (Å²) < 4.78 is 4.83. The van der Waals surface area contributed by atoms with Crippen molar-refractivity contribution < 1.29 is 14.3 Å². The van der Waals surface area contributed by atoms with Gasteiger partial charge in [-0.05, 0) is 25.2 Å². The molecule has 0 aromatic carbocycles. The normalized spacial score (nSPS) is 38.9. The van der Waals surface area contributed by atoms with Crippen LogP contribution in [0.25, 0.3) is 0 Å². The summed E-state index contributed by atoms with van der Waals surface area (Å²) in [7, 11) is 1.35. The maximum atomic E-state index is 12.2. The van der Waals surface area contributed by atoms with Crippen molar-refractivity contribution in [2.24, 2.45) is 22.7 Å². The van der Waals surface area contributed by atoms with Crippen molar-refractivity contribution in [3.8, 4) is 0 Å². The zero-order chi connectivity index (χ0) is 13.0. The summed E-state index contributed by atoms with van der Waals surface area (Å²) in [6, 6.07) is 0. The van der Waals surface area contributed by atoms with Gasteiger partial charge in [0.1, 0.15) is 5.41 Å². The first kappa shape index (κ1) is 12.3. The highest BCUT2D eigenvalue weighted by Gasteiger charge is 2.62. The lowest BCUT2D eigenvalue weighted by atomic mass is 9.72. The molecule has 0 unspecified atom stereocenters. The van der Waals surface area contributed by atoms with Crippen LogP contribution in [0.4, 0.5) is 0 Å². The summed E-state index contributed by atoms with van der Waals surface area (Å²) in [4.78, 5) is 24.1. The Bertz CT molecular complexity index is 419. The number of carbonyl (C=O) groups is 2. The number of esters is 1. The zero-order valence-corrected chi connectivity index (χ0v) is 11.2. The molecule has 0 spiro atoms. The number of allylic oxidation sites excluding steroid dienone is 2. The SMILES string of the molecule is COC(=O)[C@@]1(C)C(=O)C[C@@H]2[C@H]1C=C(C)C2(C)C. The van der Waals surface area contributed by atoms with Crippen molar-refractivity contribution in [2.45, 2.75) is 34.1 Å². The Morgan fingerprint density at radius 3 is 2.53 bits per heavy atom. The second-order valence-corrected chi connectivity index (χ2v) is 6.02. The van der Waals surface area contributed by atoms with Crippen LogP contribution >= 0.6 is 0 Å². The molecule has 2 aliphatic carbocycles. The van der Waals surface area contributed by atoms with Crippen molar-refractivity contribution in [2.75, 3.05) is 7.11 Å². The Morgan fingerprint density at radius 2 is 2.00 bits per heavy atom. The molecule has 3 heteroatoms. The third-order valence-electron chi connectivity index (χ3n) is 5.07. The van der Waals surface area contributed by atoms with Gasteiger partial charge in [0.2, 0.25) is 0 Å². The van der Waals surface area contributed by atoms with E-state index in [1.807, 2.05) is 0 Å². The molecule has 0 bridgehead atoms. The minimum Gasteiger partial charge on any atom is -0.468 e. The van der Waals surface area contributed by atoms with E-state index in [9.17, 15) is 9.59 Å². The van der Waals surface area contributed by atoms with Gasteiger partial charge in [-0.3, -0.25) is 9.59 Å². The van der Waals surface area contributed by atoms with E-state index in [0.717, 1.165) is 0 Å². The second-order valence-electron chi connectivity index (χ2n) is 6.02. The first-order chi connectivity index (χ1) is 7.76. The molecule has 1 saturated carbocycles. The molecular weight excluding hydrogens is 216 g/mol. The Balaban J connectivity index is 2.47. The van der Waals surface area contributed by atoms with Crippen LogP contribution in [-0.4, -0.2) is 18.9 Å². The molecule has 3 atom stereocenters. The molecule has 0 saturated heterocycles. The Kier molecular flexibility index (Phi) is 2.49. The molecule has 0 radical (unpaired) electrons. The molecule has 3 nitrogen and oxygen atoms in total. The van der Waals surface area contributed by atoms with Crippen LogP contribution in [-0.2, 0) is 14.3 Å². The molecular formula is C14H20O3. The third kappa shape index (κ3) is 1.34. The molecule has 0 aromatic heterocycles. The van der Waals surface area contributed by atoms with Crippen LogP contribution in [0.2, 0.25) is 0 Å². The highest BCUT2D eigenvalue weighted by Crippen LogP contribution is 2.59. The van der Waals surface area contributed by atoms with Gasteiger partial charge in [0, 0.05) is 12.3 Å². The van der Waals surface area contributed by atoms with E-state index < -0.39 is 11.4 Å². The van der Waals surface area contributed by atoms with Gasteiger partial charge in [0.15, 0.2) is 5.78 Å². The average Bonchev–Trinajstić information content (AvgIpc) is 2.65. The van der Waals surface area contributed by atoms with Gasteiger partial charge in [0.05, 0.1) is 7.11 Å². The Labute approximate surface area is 102 Å². The van der Waals surface area contributed by atoms with Crippen LogP contribution in [0.1, 0.15) is 34.1 Å². The van der Waals surface area contributed by atoms with Crippen molar-refractivity contribution in [1.29, 1.82) is 0 Å². The van der Waals surface area contributed by atoms with Gasteiger partial charge >= 0.3 is 5.97 Å². The minimum atomic E-state index is -0.978. The van der Waals surface area contributed by atoms with Crippen LogP contribution < -0.4 is 0 Å². The first-order valence-electron chi connectivity index (χ1n) is 6.07. The molecule has 17 heavy (non-hydrogen) atoms. The number of fused-ring (bicyclic) bond motifs is 1. The number of ether oxygens (including phenoxy) is 1. The first-order valence-corrected chi connectivity index (χ1v) is 6.07. The second kappa shape index (κ2) is 3.44. The van der Waals surface area contributed by atoms with E-state index in [2.05, 4.69) is 26.8 Å². The lowest BCUT2D eigenvalue weighted by Crippen LogP contribution is -2.38. The van der Waals surface area contributed by atoms with Gasteiger partial charge in [-0.25, -0.2) is 0 Å². The van der Waals surface area contributed by atoms with Crippen molar-refractivity contribution >= 4 is 11.8 Å². The monoisotopic (exact) mass is 236 g/mol. The number of hydrogen-bond acceptors (Lipinski definition) is 3. The van der Waals surface area contributed by atoms with E-state index in [1.54, 1.807) is 6.92 Å². The number of Topliss-reactive ketones (excluding diaryl/α,β-unsaturated/α-hetero) is 1. The summed E-state index contributed by atoms with van der Waals surface area (Å²) in [5.74, 6) is -0.135. The molecule has 2 aliphatic rings. The fraction of sp³-hybridized carbons (Fsp3) is 0.714. The van der Waals surface area contributed by atoms with Crippen LogP contribution in [0.3, 0.4) is 0 Å². The quantitative estimate of drug-likeness (QED) is 0.399. The fourth-order valence-corrected chi connectivity index (χ4v) is 3.35. The minimum absolute atomic E-state index is 0.00236. The maximum Gasteiger partial charge on any atom is 0.319 e. The number of rotatable bonds is 1. The molecule has 1 fully saturated rings. The summed E-state index contributed by atoms with van der Waals surface area (Å²) in [5, 5.41) is 0. The Morgan fingerprint density at radius 1 is 1.41 bits per heavy atom. The zero-order valence-electron chi connectivity index (χ0n) is 11.2. The van der Waals surface area contributed by atoms with Gasteiger partial charge in [-0.2, -0.15) is 0 Å². The number of carbonyl (C=O) groups excluding carboxylic acids is 2. The molecule has 0 aromatic rings. The molecule has 0 amide bonds. The van der Waals surface area contributed by atoms with Gasteiger partial charge in [-0.1, -0.05) is 25.5 Å². The molecule has 94 valence electrons. The van der Waals surface area contributed by atoms with E-state index >= 15 is 0 Å². The average molecular weight is 236 g/mol. The van der Waals surface area contributed by atoms with E-state index in [1.165, 1.54) is 12.7 Å². The fourth-order valence-electron chi connectivity index (χ4n) is 3.35. The summed E-state index contributed by atoms with van der Waals surface area (Å²) in [6.07, 6.45) is 2.59. The summed E-state index contributed by atoms with van der Waals surface area (Å²) in [5.41, 5.74) is 0.302. The Hall–Kier alpha value is -1.12.